The van der Waals surface area contributed by atoms with Gasteiger partial charge in [-0.25, -0.2) is 0 Å². The van der Waals surface area contributed by atoms with Crippen molar-refractivity contribution in [1.82, 2.24) is 0 Å². The van der Waals surface area contributed by atoms with Gasteiger partial charge in [0.1, 0.15) is 11.5 Å². The second-order valence-corrected chi connectivity index (χ2v) is 9.67. The fourth-order valence-electron chi connectivity index (χ4n) is 5.59. The molecule has 0 spiro atoms. The standard InChI is InChI=1S/C29H14F12O2/c30-26(31,32)19-9-13(10-20(23(19)42)27(33,34)35)25(17-7-3-1-5-15(17)16-6-2-4-8-18(16)25)14-11-21(28(36,37)38)24(43)22(12-14)29(39,40)41/h1-12,42-43H. The molecule has 1 aliphatic carbocycles. The quantitative estimate of drug-likeness (QED) is 0.193. The zero-order valence-corrected chi connectivity index (χ0v) is 20.9. The summed E-state index contributed by atoms with van der Waals surface area (Å²) in [6.45, 7) is 0. The molecule has 1 aliphatic rings. The minimum atomic E-state index is -5.64. The molecule has 43 heavy (non-hydrogen) atoms. The Hall–Kier alpha value is -4.36. The molecule has 0 atom stereocenters. The molecule has 0 saturated heterocycles. The summed E-state index contributed by atoms with van der Waals surface area (Å²) < 4.78 is 168. The Morgan fingerprint density at radius 2 is 0.674 bits per heavy atom. The molecule has 0 radical (unpaired) electrons. The largest absolute Gasteiger partial charge is 0.507 e. The summed E-state index contributed by atoms with van der Waals surface area (Å²) in [6.07, 6.45) is -22.5. The van der Waals surface area contributed by atoms with Gasteiger partial charge in [0.05, 0.1) is 27.7 Å². The lowest BCUT2D eigenvalue weighted by atomic mass is 9.66. The number of alkyl halides is 12. The molecule has 0 fully saturated rings. The van der Waals surface area contributed by atoms with Crippen LogP contribution in [0.3, 0.4) is 0 Å². The number of phenolic OH excluding ortho intramolecular Hbond substituents is 2. The van der Waals surface area contributed by atoms with Crippen LogP contribution in [0.25, 0.3) is 11.1 Å². The summed E-state index contributed by atoms with van der Waals surface area (Å²) in [5, 5.41) is 20.1. The Morgan fingerprint density at radius 1 is 0.419 bits per heavy atom. The Balaban J connectivity index is 2.08. The molecule has 0 aromatic heterocycles. The molecule has 0 amide bonds. The van der Waals surface area contributed by atoms with Gasteiger partial charge in [0.2, 0.25) is 0 Å². The van der Waals surface area contributed by atoms with Gasteiger partial charge in [0, 0.05) is 0 Å². The number of hydrogen-bond acceptors (Lipinski definition) is 2. The van der Waals surface area contributed by atoms with Gasteiger partial charge in [-0.2, -0.15) is 52.7 Å². The highest BCUT2D eigenvalue weighted by molar-refractivity contribution is 5.86. The number of fused-ring (bicyclic) bond motifs is 3. The Bertz CT molecular complexity index is 1550. The number of aromatic hydroxyl groups is 2. The highest BCUT2D eigenvalue weighted by Crippen LogP contribution is 2.59. The van der Waals surface area contributed by atoms with E-state index < -0.39 is 75.0 Å². The molecule has 14 heteroatoms. The first-order valence-electron chi connectivity index (χ1n) is 11.9. The third-order valence-electron chi connectivity index (χ3n) is 7.26. The maximum atomic E-state index is 14.0. The molecular formula is C29H14F12O2. The first-order chi connectivity index (χ1) is 19.7. The predicted molar refractivity (Wildman–Crippen MR) is 127 cm³/mol. The molecule has 0 saturated carbocycles. The molecule has 4 aromatic carbocycles. The van der Waals surface area contributed by atoms with Crippen LogP contribution in [0.4, 0.5) is 52.7 Å². The second kappa shape index (κ2) is 9.32. The fourth-order valence-corrected chi connectivity index (χ4v) is 5.59. The van der Waals surface area contributed by atoms with Crippen LogP contribution in [0, 0.1) is 0 Å². The normalized spacial score (nSPS) is 14.9. The van der Waals surface area contributed by atoms with Gasteiger partial charge in [-0.05, 0) is 57.6 Å². The second-order valence-electron chi connectivity index (χ2n) is 9.67. The van der Waals surface area contributed by atoms with Crippen LogP contribution in [-0.4, -0.2) is 10.2 Å². The topological polar surface area (TPSA) is 40.5 Å². The summed E-state index contributed by atoms with van der Waals surface area (Å²) in [5.41, 5.74) is -13.9. The summed E-state index contributed by atoms with van der Waals surface area (Å²) in [5.74, 6) is -4.45. The maximum Gasteiger partial charge on any atom is 0.419 e. The van der Waals surface area contributed by atoms with E-state index in [2.05, 4.69) is 0 Å². The first-order valence-corrected chi connectivity index (χ1v) is 11.9. The molecule has 2 N–H and O–H groups in total. The van der Waals surface area contributed by atoms with Crippen LogP contribution < -0.4 is 0 Å². The van der Waals surface area contributed by atoms with Gasteiger partial charge in [0.15, 0.2) is 0 Å². The van der Waals surface area contributed by atoms with Gasteiger partial charge in [0.25, 0.3) is 0 Å². The van der Waals surface area contributed by atoms with E-state index in [-0.39, 0.29) is 46.5 Å². The van der Waals surface area contributed by atoms with Crippen molar-refractivity contribution in [1.29, 1.82) is 0 Å². The van der Waals surface area contributed by atoms with Crippen molar-refractivity contribution in [2.45, 2.75) is 30.1 Å². The SMILES string of the molecule is Oc1c(C(F)(F)F)cc(C2(c3cc(C(F)(F)F)c(O)c(C(F)(F)F)c3)c3ccccc3-c3ccccc32)cc1C(F)(F)F. The van der Waals surface area contributed by atoms with Gasteiger partial charge in [-0.1, -0.05) is 48.5 Å². The minimum absolute atomic E-state index is 0.0663. The first kappa shape index (κ1) is 30.1. The molecule has 0 bridgehead atoms. The highest BCUT2D eigenvalue weighted by atomic mass is 19.4. The third-order valence-corrected chi connectivity index (χ3v) is 7.26. The number of rotatable bonds is 2. The molecular weight excluding hydrogens is 608 g/mol. The monoisotopic (exact) mass is 622 g/mol. The smallest absolute Gasteiger partial charge is 0.419 e. The van der Waals surface area contributed by atoms with E-state index in [1.807, 2.05) is 0 Å². The number of halogens is 12. The third kappa shape index (κ3) is 4.63. The van der Waals surface area contributed by atoms with Crippen molar-refractivity contribution < 1.29 is 62.9 Å². The number of phenols is 2. The van der Waals surface area contributed by atoms with E-state index in [9.17, 15) is 62.9 Å². The lowest BCUT2D eigenvalue weighted by Gasteiger charge is -2.36. The lowest BCUT2D eigenvalue weighted by molar-refractivity contribution is -0.147. The summed E-state index contributed by atoms with van der Waals surface area (Å²) in [6, 6.07) is 10.6. The van der Waals surface area contributed by atoms with E-state index in [0.717, 1.165) is 12.1 Å². The summed E-state index contributed by atoms with van der Waals surface area (Å²) in [7, 11) is 0. The minimum Gasteiger partial charge on any atom is -0.507 e. The van der Waals surface area contributed by atoms with Crippen molar-refractivity contribution in [3.05, 3.63) is 117 Å². The van der Waals surface area contributed by atoms with E-state index in [1.165, 1.54) is 36.4 Å². The van der Waals surface area contributed by atoms with E-state index in [4.69, 9.17) is 0 Å². The van der Waals surface area contributed by atoms with E-state index in [1.54, 1.807) is 0 Å². The van der Waals surface area contributed by atoms with Crippen molar-refractivity contribution in [3.63, 3.8) is 0 Å². The van der Waals surface area contributed by atoms with Crippen LogP contribution >= 0.6 is 0 Å². The Kier molecular flexibility index (Phi) is 6.52. The lowest BCUT2D eigenvalue weighted by Crippen LogP contribution is -2.31. The van der Waals surface area contributed by atoms with Crippen molar-refractivity contribution >= 4 is 0 Å². The highest BCUT2D eigenvalue weighted by Gasteiger charge is 2.52. The zero-order valence-electron chi connectivity index (χ0n) is 20.9. The van der Waals surface area contributed by atoms with Crippen LogP contribution in [0.15, 0.2) is 72.8 Å². The zero-order chi connectivity index (χ0) is 31.9. The molecule has 5 rings (SSSR count). The van der Waals surface area contributed by atoms with Crippen molar-refractivity contribution in [3.8, 4) is 22.6 Å². The van der Waals surface area contributed by atoms with E-state index >= 15 is 0 Å². The predicted octanol–water partition coefficient (Wildman–Crippen LogP) is 9.54. The fraction of sp³-hybridized carbons (Fsp3) is 0.172. The molecule has 0 unspecified atom stereocenters. The van der Waals surface area contributed by atoms with Crippen LogP contribution in [0.1, 0.15) is 44.5 Å². The molecule has 226 valence electrons. The van der Waals surface area contributed by atoms with Crippen LogP contribution in [-0.2, 0) is 30.1 Å². The van der Waals surface area contributed by atoms with Gasteiger partial charge in [-0.3, -0.25) is 0 Å². The Morgan fingerprint density at radius 3 is 0.930 bits per heavy atom. The molecule has 0 aliphatic heterocycles. The maximum absolute atomic E-state index is 14.0. The van der Waals surface area contributed by atoms with E-state index in [0.29, 0.717) is 0 Å². The number of hydrogen-bond donors (Lipinski definition) is 2. The molecule has 0 heterocycles. The molecule has 4 aromatic rings. The Labute approximate surface area is 233 Å². The van der Waals surface area contributed by atoms with Gasteiger partial charge < -0.3 is 10.2 Å². The number of benzene rings is 4. The van der Waals surface area contributed by atoms with Crippen molar-refractivity contribution in [2.24, 2.45) is 0 Å². The molecule has 2 nitrogen and oxygen atoms in total. The average molecular weight is 622 g/mol. The van der Waals surface area contributed by atoms with Crippen molar-refractivity contribution in [2.75, 3.05) is 0 Å². The average Bonchev–Trinajstić information content (AvgIpc) is 3.18. The van der Waals surface area contributed by atoms with Crippen LogP contribution in [0.2, 0.25) is 0 Å². The summed E-state index contributed by atoms with van der Waals surface area (Å²) >= 11 is 0. The van der Waals surface area contributed by atoms with Gasteiger partial charge in [-0.15, -0.1) is 0 Å². The van der Waals surface area contributed by atoms with Crippen LogP contribution in [0.5, 0.6) is 11.5 Å². The van der Waals surface area contributed by atoms with Gasteiger partial charge >= 0.3 is 24.7 Å². The summed E-state index contributed by atoms with van der Waals surface area (Å²) in [4.78, 5) is 0.